The minimum Gasteiger partial charge on any atom is -0.307 e. The van der Waals surface area contributed by atoms with Crippen molar-refractivity contribution in [2.45, 2.75) is 0 Å². The van der Waals surface area contributed by atoms with Gasteiger partial charge >= 0.3 is 6.03 Å². The van der Waals surface area contributed by atoms with Gasteiger partial charge in [0.25, 0.3) is 5.91 Å². The van der Waals surface area contributed by atoms with Crippen molar-refractivity contribution < 1.29 is 9.59 Å². The smallest absolute Gasteiger partial charge is 0.307 e. The quantitative estimate of drug-likeness (QED) is 0.833. The molecule has 0 unspecified atom stereocenters. The van der Waals surface area contributed by atoms with E-state index in [2.05, 4.69) is 10.6 Å². The number of carbonyl (C=O) groups is 2. The van der Waals surface area contributed by atoms with E-state index in [4.69, 9.17) is 40.5 Å². The fourth-order valence-corrected chi connectivity index (χ4v) is 2.37. The van der Waals surface area contributed by atoms with E-state index in [1.54, 1.807) is 18.2 Å². The van der Waals surface area contributed by atoms with Gasteiger partial charge in [0.1, 0.15) is 0 Å². The Bertz CT molecular complexity index is 730. The summed E-state index contributed by atoms with van der Waals surface area (Å²) in [6.07, 6.45) is 0. The van der Waals surface area contributed by atoms with Crippen LogP contribution < -0.4 is 16.4 Å². The van der Waals surface area contributed by atoms with Crippen molar-refractivity contribution in [2.24, 2.45) is 0 Å². The molecule has 0 aliphatic rings. The third-order valence-electron chi connectivity index (χ3n) is 2.68. The van der Waals surface area contributed by atoms with Crippen LogP contribution >= 0.6 is 34.8 Å². The Kier molecular flexibility index (Phi) is 5.13. The summed E-state index contributed by atoms with van der Waals surface area (Å²) in [5.41, 5.74) is 7.54. The summed E-state index contributed by atoms with van der Waals surface area (Å²) in [7, 11) is 0. The summed E-state index contributed by atoms with van der Waals surface area (Å²) in [6, 6.07) is 8.30. The largest absolute Gasteiger partial charge is 0.323 e. The molecule has 2 aromatic carbocycles. The molecule has 3 amide bonds. The SMILES string of the molecule is [NH]C(=O)c1ccc(Cl)cc1NC(=O)Nc1c(Cl)cccc1Cl. The minimum atomic E-state index is -0.942. The molecular formula is C14H9Cl3N3O2. The molecule has 0 bridgehead atoms. The zero-order chi connectivity index (χ0) is 16.3. The van der Waals surface area contributed by atoms with Gasteiger partial charge in [0, 0.05) is 5.02 Å². The molecule has 8 heteroatoms. The van der Waals surface area contributed by atoms with Gasteiger partial charge in [0.2, 0.25) is 0 Å². The second kappa shape index (κ2) is 6.87. The number of amides is 3. The van der Waals surface area contributed by atoms with Crippen molar-refractivity contribution in [2.75, 3.05) is 10.6 Å². The maximum absolute atomic E-state index is 12.0. The van der Waals surface area contributed by atoms with Crippen molar-refractivity contribution in [3.8, 4) is 0 Å². The molecule has 2 rings (SSSR count). The number of carbonyl (C=O) groups excluding carboxylic acids is 2. The first-order valence-electron chi connectivity index (χ1n) is 5.96. The Hall–Kier alpha value is -1.95. The topological polar surface area (TPSA) is 82.0 Å². The fraction of sp³-hybridized carbons (Fsp3) is 0. The van der Waals surface area contributed by atoms with Gasteiger partial charge in [-0.1, -0.05) is 40.9 Å². The van der Waals surface area contributed by atoms with Gasteiger partial charge in [-0.15, -0.1) is 0 Å². The first-order valence-corrected chi connectivity index (χ1v) is 7.09. The molecule has 22 heavy (non-hydrogen) atoms. The van der Waals surface area contributed by atoms with Crippen LogP contribution in [-0.4, -0.2) is 11.9 Å². The van der Waals surface area contributed by atoms with Crippen LogP contribution in [-0.2, 0) is 0 Å². The average Bonchev–Trinajstić information content (AvgIpc) is 2.43. The van der Waals surface area contributed by atoms with E-state index in [-0.39, 0.29) is 27.0 Å². The normalized spacial score (nSPS) is 10.1. The van der Waals surface area contributed by atoms with Crippen LogP contribution in [0.3, 0.4) is 0 Å². The Morgan fingerprint density at radius 3 is 2.18 bits per heavy atom. The Labute approximate surface area is 141 Å². The molecule has 0 saturated heterocycles. The van der Waals surface area contributed by atoms with Crippen LogP contribution in [0.15, 0.2) is 36.4 Å². The third kappa shape index (κ3) is 3.82. The van der Waals surface area contributed by atoms with Gasteiger partial charge < -0.3 is 10.6 Å². The van der Waals surface area contributed by atoms with Gasteiger partial charge in [-0.05, 0) is 30.3 Å². The second-order valence-corrected chi connectivity index (χ2v) is 5.45. The zero-order valence-electron chi connectivity index (χ0n) is 10.9. The van der Waals surface area contributed by atoms with Crippen molar-refractivity contribution in [1.82, 2.24) is 5.73 Å². The summed E-state index contributed by atoms with van der Waals surface area (Å²) in [5.74, 6) is -0.942. The van der Waals surface area contributed by atoms with Gasteiger partial charge in [0.15, 0.2) is 0 Å². The molecule has 0 saturated carbocycles. The predicted octanol–water partition coefficient (Wildman–Crippen LogP) is 4.71. The number of anilines is 2. The summed E-state index contributed by atoms with van der Waals surface area (Å²) in [6.45, 7) is 0. The molecule has 0 aromatic heterocycles. The third-order valence-corrected chi connectivity index (χ3v) is 3.54. The van der Waals surface area contributed by atoms with E-state index in [9.17, 15) is 9.59 Å². The average molecular weight is 358 g/mol. The van der Waals surface area contributed by atoms with E-state index in [0.29, 0.717) is 5.02 Å². The monoisotopic (exact) mass is 356 g/mol. The molecule has 0 fully saturated rings. The van der Waals surface area contributed by atoms with Crippen LogP contribution in [0.25, 0.3) is 0 Å². The van der Waals surface area contributed by atoms with Crippen molar-refractivity contribution in [1.29, 1.82) is 0 Å². The van der Waals surface area contributed by atoms with Gasteiger partial charge in [-0.2, -0.15) is 0 Å². The number of hydrogen-bond acceptors (Lipinski definition) is 2. The van der Waals surface area contributed by atoms with E-state index in [0.717, 1.165) is 0 Å². The van der Waals surface area contributed by atoms with Crippen LogP contribution in [0.2, 0.25) is 15.1 Å². The number of nitrogens with one attached hydrogen (secondary N) is 3. The highest BCUT2D eigenvalue weighted by atomic mass is 35.5. The van der Waals surface area contributed by atoms with E-state index in [1.807, 2.05) is 0 Å². The maximum atomic E-state index is 12.0. The predicted molar refractivity (Wildman–Crippen MR) is 88.0 cm³/mol. The molecule has 5 nitrogen and oxygen atoms in total. The lowest BCUT2D eigenvalue weighted by Crippen LogP contribution is -2.21. The Balaban J connectivity index is 2.23. The lowest BCUT2D eigenvalue weighted by atomic mass is 10.1. The minimum absolute atomic E-state index is 0.0183. The van der Waals surface area contributed by atoms with Crippen molar-refractivity contribution in [3.63, 3.8) is 0 Å². The van der Waals surface area contributed by atoms with Crippen LogP contribution in [0.1, 0.15) is 10.4 Å². The molecule has 0 atom stereocenters. The summed E-state index contributed by atoms with van der Waals surface area (Å²) >= 11 is 17.7. The number of benzene rings is 2. The first-order chi connectivity index (χ1) is 10.4. The molecule has 0 heterocycles. The summed E-state index contributed by atoms with van der Waals surface area (Å²) in [5, 5.41) is 5.78. The number of halogens is 3. The maximum Gasteiger partial charge on any atom is 0.323 e. The standard InChI is InChI=1S/C14H9Cl3N3O2/c15-7-4-5-8(13(18)21)11(6-7)19-14(22)20-12-9(16)2-1-3-10(12)17/h1-6,18H,(H2,19,20,22). The molecule has 0 spiro atoms. The lowest BCUT2D eigenvalue weighted by molar-refractivity contribution is 0.0993. The zero-order valence-corrected chi connectivity index (χ0v) is 13.2. The number of urea groups is 1. The fourth-order valence-electron chi connectivity index (χ4n) is 1.70. The number of para-hydroxylation sites is 1. The molecular weight excluding hydrogens is 349 g/mol. The van der Waals surface area contributed by atoms with Crippen LogP contribution in [0, 0.1) is 0 Å². The second-order valence-electron chi connectivity index (χ2n) is 4.19. The number of hydrogen-bond donors (Lipinski definition) is 2. The molecule has 2 aromatic rings. The van der Waals surface area contributed by atoms with Crippen LogP contribution in [0.4, 0.5) is 16.2 Å². The Morgan fingerprint density at radius 2 is 1.59 bits per heavy atom. The van der Waals surface area contributed by atoms with Gasteiger partial charge in [0.05, 0.1) is 27.0 Å². The first kappa shape index (κ1) is 16.4. The molecule has 0 aliphatic heterocycles. The van der Waals surface area contributed by atoms with Crippen molar-refractivity contribution >= 4 is 58.1 Å². The molecule has 3 N–H and O–H groups in total. The van der Waals surface area contributed by atoms with Crippen molar-refractivity contribution in [3.05, 3.63) is 57.0 Å². The van der Waals surface area contributed by atoms with E-state index >= 15 is 0 Å². The molecule has 1 radical (unpaired) electrons. The van der Waals surface area contributed by atoms with E-state index < -0.39 is 11.9 Å². The van der Waals surface area contributed by atoms with Crippen LogP contribution in [0.5, 0.6) is 0 Å². The Morgan fingerprint density at radius 1 is 0.955 bits per heavy atom. The van der Waals surface area contributed by atoms with Gasteiger partial charge in [-0.25, -0.2) is 4.79 Å². The highest BCUT2D eigenvalue weighted by Gasteiger charge is 2.14. The highest BCUT2D eigenvalue weighted by Crippen LogP contribution is 2.30. The molecule has 0 aliphatic carbocycles. The number of rotatable bonds is 3. The highest BCUT2D eigenvalue weighted by molar-refractivity contribution is 6.39. The summed E-state index contributed by atoms with van der Waals surface area (Å²) in [4.78, 5) is 23.3. The van der Waals surface area contributed by atoms with Gasteiger partial charge in [-0.3, -0.25) is 10.5 Å². The lowest BCUT2D eigenvalue weighted by Gasteiger charge is -2.12. The van der Waals surface area contributed by atoms with E-state index in [1.165, 1.54) is 18.2 Å². The molecule has 113 valence electrons. The summed E-state index contributed by atoms with van der Waals surface area (Å²) < 4.78 is 0.